The SMILES string of the molecule is CCC(CC)C(O)CNCc1ccc(Br)c(Cl)c1. The number of benzene rings is 1. The van der Waals surface area contributed by atoms with E-state index >= 15 is 0 Å². The number of hydrogen-bond donors (Lipinski definition) is 2. The van der Waals surface area contributed by atoms with E-state index in [1.165, 1.54) is 0 Å². The molecule has 0 saturated carbocycles. The van der Waals surface area contributed by atoms with Gasteiger partial charge in [0, 0.05) is 17.6 Å². The predicted molar refractivity (Wildman–Crippen MR) is 80.9 cm³/mol. The normalized spacial score (nSPS) is 13.0. The van der Waals surface area contributed by atoms with Crippen molar-refractivity contribution in [3.63, 3.8) is 0 Å². The fraction of sp³-hybridized carbons (Fsp3) is 0.571. The molecule has 0 aliphatic carbocycles. The van der Waals surface area contributed by atoms with Crippen LogP contribution in [0.4, 0.5) is 0 Å². The molecule has 1 aromatic carbocycles. The highest BCUT2D eigenvalue weighted by molar-refractivity contribution is 9.10. The van der Waals surface area contributed by atoms with E-state index in [-0.39, 0.29) is 6.10 Å². The number of rotatable bonds is 7. The first-order chi connectivity index (χ1) is 8.58. The summed E-state index contributed by atoms with van der Waals surface area (Å²) in [5.41, 5.74) is 1.12. The van der Waals surface area contributed by atoms with Gasteiger partial charge in [0.1, 0.15) is 0 Å². The third-order valence-electron chi connectivity index (χ3n) is 3.26. The molecule has 2 nitrogen and oxygen atoms in total. The Balaban J connectivity index is 2.39. The summed E-state index contributed by atoms with van der Waals surface area (Å²) < 4.78 is 0.907. The van der Waals surface area contributed by atoms with E-state index in [0.29, 0.717) is 12.5 Å². The summed E-state index contributed by atoms with van der Waals surface area (Å²) in [5.74, 6) is 0.381. The van der Waals surface area contributed by atoms with Gasteiger partial charge in [-0.1, -0.05) is 44.4 Å². The predicted octanol–water partition coefficient (Wildman–Crippen LogP) is 3.99. The molecule has 102 valence electrons. The molecule has 1 atom stereocenters. The highest BCUT2D eigenvalue weighted by Gasteiger charge is 2.14. The maximum Gasteiger partial charge on any atom is 0.0692 e. The molecule has 0 spiro atoms. The number of aliphatic hydroxyl groups is 1. The summed E-state index contributed by atoms with van der Waals surface area (Å²) in [5, 5.41) is 14.0. The molecule has 0 bridgehead atoms. The molecule has 1 aromatic rings. The second kappa shape index (κ2) is 8.16. The number of nitrogens with one attached hydrogen (secondary N) is 1. The molecule has 2 N–H and O–H groups in total. The van der Waals surface area contributed by atoms with Crippen LogP contribution in [0.25, 0.3) is 0 Å². The van der Waals surface area contributed by atoms with Gasteiger partial charge < -0.3 is 10.4 Å². The summed E-state index contributed by atoms with van der Waals surface area (Å²) in [6.07, 6.45) is 1.76. The van der Waals surface area contributed by atoms with Gasteiger partial charge in [-0.05, 0) is 39.5 Å². The smallest absolute Gasteiger partial charge is 0.0692 e. The van der Waals surface area contributed by atoms with Crippen molar-refractivity contribution in [2.45, 2.75) is 39.3 Å². The van der Waals surface area contributed by atoms with Gasteiger partial charge in [-0.25, -0.2) is 0 Å². The van der Waals surface area contributed by atoms with Crippen molar-refractivity contribution in [3.8, 4) is 0 Å². The number of hydrogen-bond acceptors (Lipinski definition) is 2. The topological polar surface area (TPSA) is 32.3 Å². The zero-order valence-corrected chi connectivity index (χ0v) is 13.3. The van der Waals surface area contributed by atoms with Crippen LogP contribution in [-0.4, -0.2) is 17.8 Å². The van der Waals surface area contributed by atoms with Crippen LogP contribution in [0.3, 0.4) is 0 Å². The van der Waals surface area contributed by atoms with E-state index < -0.39 is 0 Å². The average Bonchev–Trinajstić information content (AvgIpc) is 2.35. The summed E-state index contributed by atoms with van der Waals surface area (Å²) in [4.78, 5) is 0. The first-order valence-electron chi connectivity index (χ1n) is 6.41. The van der Waals surface area contributed by atoms with Gasteiger partial charge >= 0.3 is 0 Å². The Kier molecular flexibility index (Phi) is 7.23. The minimum absolute atomic E-state index is 0.272. The van der Waals surface area contributed by atoms with Crippen molar-refractivity contribution in [1.29, 1.82) is 0 Å². The summed E-state index contributed by atoms with van der Waals surface area (Å²) in [7, 11) is 0. The van der Waals surface area contributed by atoms with Gasteiger partial charge in [0.05, 0.1) is 11.1 Å². The standard InChI is InChI=1S/C14H21BrClNO/c1-3-11(4-2)14(18)9-17-8-10-5-6-12(15)13(16)7-10/h5-7,11,14,17-18H,3-4,8-9H2,1-2H3. The van der Waals surface area contributed by atoms with E-state index in [4.69, 9.17) is 11.6 Å². The first kappa shape index (κ1) is 16.0. The van der Waals surface area contributed by atoms with Crippen LogP contribution < -0.4 is 5.32 Å². The Morgan fingerprint density at radius 1 is 1.33 bits per heavy atom. The average molecular weight is 335 g/mol. The van der Waals surface area contributed by atoms with E-state index in [1.807, 2.05) is 18.2 Å². The molecule has 0 radical (unpaired) electrons. The lowest BCUT2D eigenvalue weighted by Gasteiger charge is -2.20. The Labute approximate surface area is 123 Å². The molecule has 0 heterocycles. The second-order valence-electron chi connectivity index (χ2n) is 4.52. The van der Waals surface area contributed by atoms with Crippen LogP contribution in [0, 0.1) is 5.92 Å². The molecule has 0 aliphatic rings. The monoisotopic (exact) mass is 333 g/mol. The molecule has 4 heteroatoms. The molecule has 0 fully saturated rings. The maximum absolute atomic E-state index is 9.99. The maximum atomic E-state index is 9.99. The highest BCUT2D eigenvalue weighted by atomic mass is 79.9. The van der Waals surface area contributed by atoms with Crippen LogP contribution in [0.2, 0.25) is 5.02 Å². The van der Waals surface area contributed by atoms with Crippen molar-refractivity contribution in [1.82, 2.24) is 5.32 Å². The largest absolute Gasteiger partial charge is 0.392 e. The van der Waals surface area contributed by atoms with Gasteiger partial charge in [-0.3, -0.25) is 0 Å². The molecule has 18 heavy (non-hydrogen) atoms. The molecule has 0 aliphatic heterocycles. The van der Waals surface area contributed by atoms with Crippen molar-refractivity contribution in [2.75, 3.05) is 6.54 Å². The van der Waals surface area contributed by atoms with E-state index in [0.717, 1.165) is 34.4 Å². The third-order valence-corrected chi connectivity index (χ3v) is 4.49. The van der Waals surface area contributed by atoms with Crippen LogP contribution in [0.5, 0.6) is 0 Å². The van der Waals surface area contributed by atoms with E-state index in [2.05, 4.69) is 35.1 Å². The molecule has 1 rings (SSSR count). The third kappa shape index (κ3) is 4.88. The zero-order valence-electron chi connectivity index (χ0n) is 10.9. The number of halogens is 2. The molecular weight excluding hydrogens is 314 g/mol. The Bertz CT molecular complexity index is 369. The van der Waals surface area contributed by atoms with Gasteiger partial charge in [0.25, 0.3) is 0 Å². The van der Waals surface area contributed by atoms with Crippen LogP contribution in [-0.2, 0) is 6.54 Å². The highest BCUT2D eigenvalue weighted by Crippen LogP contribution is 2.23. The number of aliphatic hydroxyl groups excluding tert-OH is 1. The summed E-state index contributed by atoms with van der Waals surface area (Å²) in [6.45, 7) is 5.59. The fourth-order valence-electron chi connectivity index (χ4n) is 2.01. The van der Waals surface area contributed by atoms with Crippen molar-refractivity contribution < 1.29 is 5.11 Å². The molecule has 0 amide bonds. The van der Waals surface area contributed by atoms with Crippen LogP contribution in [0.1, 0.15) is 32.3 Å². The molecular formula is C14H21BrClNO. The van der Waals surface area contributed by atoms with Crippen LogP contribution >= 0.6 is 27.5 Å². The van der Waals surface area contributed by atoms with E-state index in [1.54, 1.807) is 0 Å². The van der Waals surface area contributed by atoms with Crippen molar-refractivity contribution >= 4 is 27.5 Å². The molecule has 0 saturated heterocycles. The van der Waals surface area contributed by atoms with Gasteiger partial charge in [0.15, 0.2) is 0 Å². The minimum Gasteiger partial charge on any atom is -0.392 e. The van der Waals surface area contributed by atoms with Gasteiger partial charge in [0.2, 0.25) is 0 Å². The van der Waals surface area contributed by atoms with Gasteiger partial charge in [-0.15, -0.1) is 0 Å². The summed E-state index contributed by atoms with van der Waals surface area (Å²) >= 11 is 9.39. The summed E-state index contributed by atoms with van der Waals surface area (Å²) in [6, 6.07) is 5.89. The fourth-order valence-corrected chi connectivity index (χ4v) is 2.46. The van der Waals surface area contributed by atoms with Crippen molar-refractivity contribution in [2.24, 2.45) is 5.92 Å². The molecule has 0 aromatic heterocycles. The molecule has 1 unspecified atom stereocenters. The lowest BCUT2D eigenvalue weighted by Crippen LogP contribution is -2.32. The lowest BCUT2D eigenvalue weighted by molar-refractivity contribution is 0.101. The van der Waals surface area contributed by atoms with Crippen LogP contribution in [0.15, 0.2) is 22.7 Å². The second-order valence-corrected chi connectivity index (χ2v) is 5.78. The minimum atomic E-state index is -0.272. The van der Waals surface area contributed by atoms with E-state index in [9.17, 15) is 5.11 Å². The lowest BCUT2D eigenvalue weighted by atomic mass is 9.96. The zero-order chi connectivity index (χ0) is 13.5. The first-order valence-corrected chi connectivity index (χ1v) is 7.58. The quantitative estimate of drug-likeness (QED) is 0.790. The Morgan fingerprint density at radius 2 is 2.00 bits per heavy atom. The van der Waals surface area contributed by atoms with Crippen molar-refractivity contribution in [3.05, 3.63) is 33.3 Å². The van der Waals surface area contributed by atoms with Gasteiger partial charge in [-0.2, -0.15) is 0 Å². The Morgan fingerprint density at radius 3 is 2.56 bits per heavy atom. The Hall–Kier alpha value is -0.0900.